The van der Waals surface area contributed by atoms with Gasteiger partial charge in [-0.25, -0.2) is 0 Å². The first kappa shape index (κ1) is 13.0. The van der Waals surface area contributed by atoms with Crippen molar-refractivity contribution in [2.24, 2.45) is 16.8 Å². The number of carbonyl (C=O) groups is 1. The maximum absolute atomic E-state index is 11.9. The molecule has 0 saturated carbocycles. The van der Waals surface area contributed by atoms with Gasteiger partial charge in [-0.2, -0.15) is 0 Å². The van der Waals surface area contributed by atoms with Crippen molar-refractivity contribution in [2.45, 2.75) is 20.3 Å². The van der Waals surface area contributed by atoms with E-state index in [1.165, 1.54) is 0 Å². The van der Waals surface area contributed by atoms with Crippen molar-refractivity contribution in [1.29, 1.82) is 0 Å². The Balaban J connectivity index is 2.82. The summed E-state index contributed by atoms with van der Waals surface area (Å²) >= 11 is 0. The number of hydrogen-bond donors (Lipinski definition) is 3. The maximum Gasteiger partial charge on any atom is 0.235 e. The lowest BCUT2D eigenvalue weighted by Crippen LogP contribution is -2.34. The number of amidine groups is 1. The van der Waals surface area contributed by atoms with Gasteiger partial charge >= 0.3 is 0 Å². The van der Waals surface area contributed by atoms with Gasteiger partial charge in [0, 0.05) is 6.20 Å². The van der Waals surface area contributed by atoms with E-state index in [4.69, 9.17) is 10.9 Å². The van der Waals surface area contributed by atoms with E-state index in [0.717, 1.165) is 5.69 Å². The van der Waals surface area contributed by atoms with Gasteiger partial charge in [0.05, 0.1) is 17.3 Å². The number of oxime groups is 1. The Kier molecular flexibility index (Phi) is 4.45. The molecule has 4 N–H and O–H groups in total. The molecule has 0 saturated heterocycles. The summed E-state index contributed by atoms with van der Waals surface area (Å²) in [5.74, 6) is -1.04. The van der Waals surface area contributed by atoms with Crippen molar-refractivity contribution in [3.05, 3.63) is 24.0 Å². The normalized spacial score (nSPS) is 13.2. The fourth-order valence-electron chi connectivity index (χ4n) is 1.43. The highest BCUT2D eigenvalue weighted by atomic mass is 16.4. The molecule has 6 nitrogen and oxygen atoms in total. The Morgan fingerprint density at radius 2 is 2.41 bits per heavy atom. The third kappa shape index (κ3) is 3.17. The first-order valence-electron chi connectivity index (χ1n) is 5.30. The number of pyridine rings is 1. The van der Waals surface area contributed by atoms with Crippen molar-refractivity contribution in [1.82, 2.24) is 4.98 Å². The van der Waals surface area contributed by atoms with Crippen LogP contribution in [0, 0.1) is 12.8 Å². The third-order valence-corrected chi connectivity index (χ3v) is 2.46. The van der Waals surface area contributed by atoms with Crippen LogP contribution < -0.4 is 11.1 Å². The molecule has 1 rings (SSSR count). The van der Waals surface area contributed by atoms with Gasteiger partial charge < -0.3 is 16.3 Å². The summed E-state index contributed by atoms with van der Waals surface area (Å²) < 4.78 is 0. The summed E-state index contributed by atoms with van der Waals surface area (Å²) in [5, 5.41) is 14.1. The van der Waals surface area contributed by atoms with Crippen molar-refractivity contribution in [3.63, 3.8) is 0 Å². The number of hydrogen-bond acceptors (Lipinski definition) is 4. The van der Waals surface area contributed by atoms with E-state index in [-0.39, 0.29) is 11.7 Å². The molecule has 0 radical (unpaired) electrons. The van der Waals surface area contributed by atoms with Crippen LogP contribution in [0.2, 0.25) is 0 Å². The second-order valence-electron chi connectivity index (χ2n) is 3.61. The minimum absolute atomic E-state index is 0.0912. The van der Waals surface area contributed by atoms with Gasteiger partial charge in [-0.15, -0.1) is 0 Å². The molecule has 0 bridgehead atoms. The smallest absolute Gasteiger partial charge is 0.235 e. The topological polar surface area (TPSA) is 101 Å². The third-order valence-electron chi connectivity index (χ3n) is 2.46. The number of nitrogens with zero attached hydrogens (tertiary/aromatic N) is 2. The second-order valence-corrected chi connectivity index (χ2v) is 3.61. The Morgan fingerprint density at radius 1 is 1.71 bits per heavy atom. The molecule has 0 aliphatic rings. The van der Waals surface area contributed by atoms with Crippen LogP contribution in [0.5, 0.6) is 0 Å². The molecule has 1 aromatic rings. The fraction of sp³-hybridized carbons (Fsp3) is 0.364. The Hall–Kier alpha value is -2.11. The Labute approximate surface area is 99.5 Å². The molecule has 1 amide bonds. The highest BCUT2D eigenvalue weighted by Gasteiger charge is 2.21. The van der Waals surface area contributed by atoms with Gasteiger partial charge in [-0.1, -0.05) is 12.1 Å². The molecule has 1 aromatic heterocycles. The lowest BCUT2D eigenvalue weighted by Gasteiger charge is -2.14. The van der Waals surface area contributed by atoms with E-state index in [0.29, 0.717) is 12.1 Å². The minimum atomic E-state index is -0.639. The van der Waals surface area contributed by atoms with Gasteiger partial charge in [0.2, 0.25) is 5.91 Å². The monoisotopic (exact) mass is 236 g/mol. The number of rotatable bonds is 4. The van der Waals surface area contributed by atoms with Gasteiger partial charge in [-0.05, 0) is 25.5 Å². The molecule has 1 unspecified atom stereocenters. The average Bonchev–Trinajstić information content (AvgIpc) is 2.32. The summed E-state index contributed by atoms with van der Waals surface area (Å²) in [4.78, 5) is 15.9. The number of nitrogens with two attached hydrogens (primary N) is 1. The van der Waals surface area contributed by atoms with Crippen molar-refractivity contribution in [2.75, 3.05) is 5.32 Å². The van der Waals surface area contributed by atoms with Crippen molar-refractivity contribution < 1.29 is 10.0 Å². The molecule has 0 fully saturated rings. The summed E-state index contributed by atoms with van der Waals surface area (Å²) in [6.45, 7) is 3.58. The van der Waals surface area contributed by atoms with E-state index in [9.17, 15) is 4.79 Å². The van der Waals surface area contributed by atoms with Crippen LogP contribution in [0.15, 0.2) is 23.5 Å². The summed E-state index contributed by atoms with van der Waals surface area (Å²) in [6, 6.07) is 3.48. The van der Waals surface area contributed by atoms with Gasteiger partial charge in [0.1, 0.15) is 0 Å². The van der Waals surface area contributed by atoms with Gasteiger partial charge in [0.15, 0.2) is 5.84 Å². The quantitative estimate of drug-likeness (QED) is 0.315. The predicted octanol–water partition coefficient (Wildman–Crippen LogP) is 1.10. The Morgan fingerprint density at radius 3 is 2.94 bits per heavy atom. The lowest BCUT2D eigenvalue weighted by molar-refractivity contribution is -0.118. The second kappa shape index (κ2) is 5.83. The predicted molar refractivity (Wildman–Crippen MR) is 64.8 cm³/mol. The van der Waals surface area contributed by atoms with Crippen LogP contribution in [0.4, 0.5) is 5.69 Å². The SMILES string of the molecule is CCC(C(=O)Nc1cccnc1C)C(N)=NO. The van der Waals surface area contributed by atoms with Crippen LogP contribution >= 0.6 is 0 Å². The van der Waals surface area contributed by atoms with Crippen LogP contribution in [-0.4, -0.2) is 21.9 Å². The van der Waals surface area contributed by atoms with Crippen molar-refractivity contribution >= 4 is 17.4 Å². The van der Waals surface area contributed by atoms with E-state index >= 15 is 0 Å². The van der Waals surface area contributed by atoms with Gasteiger partial charge in [0.25, 0.3) is 0 Å². The number of amides is 1. The number of aromatic nitrogens is 1. The first-order chi connectivity index (χ1) is 8.10. The maximum atomic E-state index is 11.9. The summed E-state index contributed by atoms with van der Waals surface area (Å²) in [5.41, 5.74) is 6.79. The van der Waals surface area contributed by atoms with Crippen LogP contribution in [-0.2, 0) is 4.79 Å². The largest absolute Gasteiger partial charge is 0.409 e. The summed E-state index contributed by atoms with van der Waals surface area (Å²) in [6.07, 6.45) is 2.10. The zero-order valence-electron chi connectivity index (χ0n) is 9.84. The number of nitrogens with one attached hydrogen (secondary N) is 1. The van der Waals surface area contributed by atoms with Crippen LogP contribution in [0.1, 0.15) is 19.0 Å². The van der Waals surface area contributed by atoms with E-state index in [1.54, 1.807) is 32.2 Å². The molecular formula is C11H16N4O2. The number of carbonyl (C=O) groups excluding carboxylic acids is 1. The summed E-state index contributed by atoms with van der Waals surface area (Å²) in [7, 11) is 0. The molecular weight excluding hydrogens is 220 g/mol. The van der Waals surface area contributed by atoms with Crippen molar-refractivity contribution in [3.8, 4) is 0 Å². The molecule has 6 heteroatoms. The molecule has 1 heterocycles. The fourth-order valence-corrected chi connectivity index (χ4v) is 1.43. The molecule has 1 atom stereocenters. The molecule has 0 aromatic carbocycles. The number of anilines is 1. The van der Waals surface area contributed by atoms with E-state index in [2.05, 4.69) is 15.5 Å². The molecule has 0 aliphatic carbocycles. The highest BCUT2D eigenvalue weighted by Crippen LogP contribution is 2.13. The lowest BCUT2D eigenvalue weighted by atomic mass is 10.0. The molecule has 17 heavy (non-hydrogen) atoms. The molecule has 0 spiro atoms. The zero-order valence-corrected chi connectivity index (χ0v) is 9.84. The van der Waals surface area contributed by atoms with E-state index in [1.807, 2.05) is 0 Å². The van der Waals surface area contributed by atoms with E-state index < -0.39 is 5.92 Å². The highest BCUT2D eigenvalue weighted by molar-refractivity contribution is 6.07. The minimum Gasteiger partial charge on any atom is -0.409 e. The molecule has 0 aliphatic heterocycles. The van der Waals surface area contributed by atoms with Gasteiger partial charge in [-0.3, -0.25) is 9.78 Å². The first-order valence-corrected chi connectivity index (χ1v) is 5.30. The average molecular weight is 236 g/mol. The zero-order chi connectivity index (χ0) is 12.8. The van der Waals surface area contributed by atoms with Crippen LogP contribution in [0.3, 0.4) is 0 Å². The standard InChI is InChI=1S/C11H16N4O2/c1-3-8(10(12)15-17)11(16)14-9-5-4-6-13-7(9)2/h4-6,8,17H,3H2,1-2H3,(H2,12,15)(H,14,16). The number of aryl methyl sites for hydroxylation is 1. The Bertz CT molecular complexity index is 431. The van der Waals surface area contributed by atoms with Crippen LogP contribution in [0.25, 0.3) is 0 Å². The molecule has 92 valence electrons.